The first-order chi connectivity index (χ1) is 8.65. The highest BCUT2D eigenvalue weighted by Gasteiger charge is 2.26. The molecule has 0 radical (unpaired) electrons. The number of nitrogens with zero attached hydrogens (tertiary/aromatic N) is 1. The van der Waals surface area contributed by atoms with Crippen LogP contribution in [-0.4, -0.2) is 37.1 Å². The maximum absolute atomic E-state index is 11.7. The summed E-state index contributed by atoms with van der Waals surface area (Å²) in [7, 11) is 0. The molecule has 1 aliphatic carbocycles. The Morgan fingerprint density at radius 2 is 1.94 bits per heavy atom. The second-order valence-corrected chi connectivity index (χ2v) is 6.32. The third kappa shape index (κ3) is 3.98. The summed E-state index contributed by atoms with van der Waals surface area (Å²) in [5.41, 5.74) is 0. The van der Waals surface area contributed by atoms with Crippen LogP contribution in [0.1, 0.15) is 46.0 Å². The molecule has 1 saturated carbocycles. The number of hydrogen-bond acceptors (Lipinski definition) is 3. The lowest BCUT2D eigenvalue weighted by atomic mass is 9.76. The van der Waals surface area contributed by atoms with E-state index in [1.165, 1.54) is 32.1 Å². The van der Waals surface area contributed by atoms with Crippen molar-refractivity contribution in [1.82, 2.24) is 4.90 Å². The van der Waals surface area contributed by atoms with E-state index in [2.05, 4.69) is 18.7 Å². The average molecular weight is 253 g/mol. The summed E-state index contributed by atoms with van der Waals surface area (Å²) in [6.45, 7) is 7.89. The molecule has 0 aromatic rings. The molecule has 0 aromatic carbocycles. The zero-order chi connectivity index (χ0) is 13.0. The van der Waals surface area contributed by atoms with E-state index < -0.39 is 0 Å². The van der Waals surface area contributed by atoms with Gasteiger partial charge >= 0.3 is 5.97 Å². The Hall–Kier alpha value is -0.570. The Kier molecular flexibility index (Phi) is 5.04. The molecule has 1 heterocycles. The molecular formula is C15H27NO2. The zero-order valence-electron chi connectivity index (χ0n) is 11.9. The van der Waals surface area contributed by atoms with Crippen molar-refractivity contribution in [3.05, 3.63) is 0 Å². The van der Waals surface area contributed by atoms with Crippen LogP contribution in [0.25, 0.3) is 0 Å². The summed E-state index contributed by atoms with van der Waals surface area (Å²) in [6, 6.07) is 0. The number of carbonyl (C=O) groups is 1. The topological polar surface area (TPSA) is 29.5 Å². The van der Waals surface area contributed by atoms with Gasteiger partial charge in [0.2, 0.25) is 0 Å². The normalized spacial score (nSPS) is 33.6. The number of likely N-dealkylation sites (tertiary alicyclic amines) is 1. The smallest absolute Gasteiger partial charge is 0.320 e. The van der Waals surface area contributed by atoms with Crippen molar-refractivity contribution in [3.63, 3.8) is 0 Å². The SMILES string of the molecule is C[C@@H]1CC[C@H](COC(=O)CN2CCCC2)[C@H](C)C1. The molecular weight excluding hydrogens is 226 g/mol. The number of rotatable bonds is 4. The lowest BCUT2D eigenvalue weighted by Crippen LogP contribution is -2.31. The van der Waals surface area contributed by atoms with Gasteiger partial charge in [-0.1, -0.05) is 20.3 Å². The van der Waals surface area contributed by atoms with Gasteiger partial charge in [0, 0.05) is 0 Å². The molecule has 0 bridgehead atoms. The summed E-state index contributed by atoms with van der Waals surface area (Å²) in [5.74, 6) is 2.11. The van der Waals surface area contributed by atoms with Crippen LogP contribution >= 0.6 is 0 Å². The monoisotopic (exact) mass is 253 g/mol. The summed E-state index contributed by atoms with van der Waals surface area (Å²) in [5, 5.41) is 0. The highest BCUT2D eigenvalue weighted by Crippen LogP contribution is 2.33. The molecule has 0 N–H and O–H groups in total. The second-order valence-electron chi connectivity index (χ2n) is 6.32. The Morgan fingerprint density at radius 1 is 1.22 bits per heavy atom. The molecule has 2 rings (SSSR count). The number of hydrogen-bond donors (Lipinski definition) is 0. The van der Waals surface area contributed by atoms with Crippen molar-refractivity contribution in [2.45, 2.75) is 46.0 Å². The Labute approximate surface area is 111 Å². The first-order valence-corrected chi connectivity index (χ1v) is 7.53. The zero-order valence-corrected chi connectivity index (χ0v) is 11.9. The fourth-order valence-electron chi connectivity index (χ4n) is 3.34. The number of ether oxygens (including phenoxy) is 1. The van der Waals surface area contributed by atoms with Gasteiger partial charge in [-0.25, -0.2) is 0 Å². The average Bonchev–Trinajstić information content (AvgIpc) is 2.80. The predicted molar refractivity (Wildman–Crippen MR) is 72.3 cm³/mol. The van der Waals surface area contributed by atoms with Gasteiger partial charge < -0.3 is 4.74 Å². The van der Waals surface area contributed by atoms with E-state index in [9.17, 15) is 4.79 Å². The minimum absolute atomic E-state index is 0.0253. The van der Waals surface area contributed by atoms with E-state index in [4.69, 9.17) is 4.74 Å². The number of esters is 1. The molecule has 3 atom stereocenters. The Morgan fingerprint density at radius 3 is 2.61 bits per heavy atom. The minimum atomic E-state index is -0.0253. The van der Waals surface area contributed by atoms with Crippen molar-refractivity contribution in [2.75, 3.05) is 26.2 Å². The van der Waals surface area contributed by atoms with E-state index >= 15 is 0 Å². The van der Waals surface area contributed by atoms with Gasteiger partial charge in [0.05, 0.1) is 13.2 Å². The highest BCUT2D eigenvalue weighted by atomic mass is 16.5. The lowest BCUT2D eigenvalue weighted by Gasteiger charge is -2.32. The summed E-state index contributed by atoms with van der Waals surface area (Å²) < 4.78 is 5.47. The van der Waals surface area contributed by atoms with Crippen molar-refractivity contribution in [2.24, 2.45) is 17.8 Å². The van der Waals surface area contributed by atoms with Crippen molar-refractivity contribution >= 4 is 5.97 Å². The largest absolute Gasteiger partial charge is 0.464 e. The fraction of sp³-hybridized carbons (Fsp3) is 0.933. The third-order valence-corrected chi connectivity index (χ3v) is 4.62. The Balaban J connectivity index is 1.65. The van der Waals surface area contributed by atoms with Crippen LogP contribution in [-0.2, 0) is 9.53 Å². The van der Waals surface area contributed by atoms with E-state index in [0.717, 1.165) is 19.0 Å². The Bertz CT molecular complexity index is 274. The standard InChI is InChI=1S/C15H27NO2/c1-12-5-6-14(13(2)9-12)11-18-15(17)10-16-7-3-4-8-16/h12-14H,3-11H2,1-2H3/t12-,13-,14-/m1/s1. The maximum atomic E-state index is 11.7. The first-order valence-electron chi connectivity index (χ1n) is 7.53. The van der Waals surface area contributed by atoms with Crippen LogP contribution in [0.5, 0.6) is 0 Å². The van der Waals surface area contributed by atoms with Crippen LogP contribution in [0.2, 0.25) is 0 Å². The van der Waals surface area contributed by atoms with Crippen molar-refractivity contribution in [1.29, 1.82) is 0 Å². The van der Waals surface area contributed by atoms with Crippen LogP contribution in [0.15, 0.2) is 0 Å². The van der Waals surface area contributed by atoms with Gasteiger partial charge in [0.1, 0.15) is 0 Å². The van der Waals surface area contributed by atoms with Gasteiger partial charge in [0.25, 0.3) is 0 Å². The molecule has 3 heteroatoms. The van der Waals surface area contributed by atoms with E-state index in [1.54, 1.807) is 0 Å². The molecule has 3 nitrogen and oxygen atoms in total. The second kappa shape index (κ2) is 6.55. The summed E-state index contributed by atoms with van der Waals surface area (Å²) >= 11 is 0. The molecule has 0 amide bonds. The first kappa shape index (κ1) is 13.9. The van der Waals surface area contributed by atoms with Crippen molar-refractivity contribution in [3.8, 4) is 0 Å². The molecule has 1 aliphatic heterocycles. The molecule has 2 aliphatic rings. The van der Waals surface area contributed by atoms with Gasteiger partial charge in [-0.2, -0.15) is 0 Å². The van der Waals surface area contributed by atoms with Gasteiger partial charge in [0.15, 0.2) is 0 Å². The predicted octanol–water partition coefficient (Wildman–Crippen LogP) is 2.70. The highest BCUT2D eigenvalue weighted by molar-refractivity contribution is 5.71. The molecule has 2 fully saturated rings. The van der Waals surface area contributed by atoms with Crippen LogP contribution in [0.4, 0.5) is 0 Å². The van der Waals surface area contributed by atoms with Gasteiger partial charge in [-0.3, -0.25) is 9.69 Å². The molecule has 18 heavy (non-hydrogen) atoms. The quantitative estimate of drug-likeness (QED) is 0.721. The molecule has 104 valence electrons. The van der Waals surface area contributed by atoms with Crippen LogP contribution < -0.4 is 0 Å². The van der Waals surface area contributed by atoms with Crippen molar-refractivity contribution < 1.29 is 9.53 Å². The van der Waals surface area contributed by atoms with Crippen LogP contribution in [0, 0.1) is 17.8 Å². The molecule has 1 saturated heterocycles. The third-order valence-electron chi connectivity index (χ3n) is 4.62. The minimum Gasteiger partial charge on any atom is -0.464 e. The van der Waals surface area contributed by atoms with E-state index in [0.29, 0.717) is 25.0 Å². The summed E-state index contributed by atoms with van der Waals surface area (Å²) in [6.07, 6.45) is 6.25. The fourth-order valence-corrected chi connectivity index (χ4v) is 3.34. The molecule has 0 unspecified atom stereocenters. The summed E-state index contributed by atoms with van der Waals surface area (Å²) in [4.78, 5) is 14.0. The molecule has 0 aromatic heterocycles. The molecule has 0 spiro atoms. The van der Waals surface area contributed by atoms with E-state index in [-0.39, 0.29) is 5.97 Å². The van der Waals surface area contributed by atoms with Gasteiger partial charge in [-0.05, 0) is 56.5 Å². The van der Waals surface area contributed by atoms with Crippen LogP contribution in [0.3, 0.4) is 0 Å². The lowest BCUT2D eigenvalue weighted by molar-refractivity contribution is -0.147. The number of carbonyl (C=O) groups excluding carboxylic acids is 1. The van der Waals surface area contributed by atoms with E-state index in [1.807, 2.05) is 0 Å². The maximum Gasteiger partial charge on any atom is 0.320 e. The van der Waals surface area contributed by atoms with Gasteiger partial charge in [-0.15, -0.1) is 0 Å².